The maximum Gasteiger partial charge on any atom is 0.353 e. The van der Waals surface area contributed by atoms with E-state index in [0.29, 0.717) is 17.0 Å². The number of hydrogen-bond donors (Lipinski definition) is 4. The fraction of sp³-hybridized carbons (Fsp3) is 0.773. The van der Waals surface area contributed by atoms with E-state index >= 15 is 0 Å². The number of alkyl halides is 2. The van der Waals surface area contributed by atoms with Crippen LogP contribution in [0.3, 0.4) is 0 Å². The average molecular weight is 502 g/mol. The third kappa shape index (κ3) is 4.69. The number of β-lactam (4-membered cyclic amide) rings is 1. The Balaban J connectivity index is 1.40. The highest BCUT2D eigenvalue weighted by Gasteiger charge is 2.60. The zero-order valence-corrected chi connectivity index (χ0v) is 20.4. The zero-order valence-electron chi connectivity index (χ0n) is 19.6. The van der Waals surface area contributed by atoms with Crippen molar-refractivity contribution in [3.8, 4) is 0 Å². The van der Waals surface area contributed by atoms with Gasteiger partial charge in [-0.1, -0.05) is 6.92 Å². The van der Waals surface area contributed by atoms with E-state index in [1.165, 1.54) is 23.6 Å². The molecular formula is C22H33F2N5O4S. The van der Waals surface area contributed by atoms with Crippen molar-refractivity contribution in [3.63, 3.8) is 0 Å². The molecule has 4 heterocycles. The van der Waals surface area contributed by atoms with Crippen molar-refractivity contribution in [1.82, 2.24) is 25.8 Å². The molecule has 4 N–H and O–H groups in total. The molecule has 3 saturated heterocycles. The smallest absolute Gasteiger partial charge is 0.353 e. The van der Waals surface area contributed by atoms with E-state index in [4.69, 9.17) is 0 Å². The fourth-order valence-electron chi connectivity index (χ4n) is 5.81. The molecule has 3 fully saturated rings. The van der Waals surface area contributed by atoms with Crippen molar-refractivity contribution < 1.29 is 28.3 Å². The molecule has 0 radical (unpaired) electrons. The Bertz CT molecular complexity index is 874. The molecule has 0 aromatic rings. The second kappa shape index (κ2) is 10.1. The van der Waals surface area contributed by atoms with Crippen LogP contribution < -0.4 is 16.0 Å². The molecule has 190 valence electrons. The highest BCUT2D eigenvalue weighted by molar-refractivity contribution is 8.03. The number of fused-ring (bicyclic) bond motifs is 1. The lowest BCUT2D eigenvalue weighted by Crippen LogP contribution is -2.66. The van der Waals surface area contributed by atoms with Crippen LogP contribution in [0.2, 0.25) is 0 Å². The number of carboxylic acid groups (broad SMARTS) is 1. The molecule has 2 amide bonds. The normalized spacial score (nSPS) is 34.5. The maximum absolute atomic E-state index is 12.8. The first-order chi connectivity index (χ1) is 16.1. The van der Waals surface area contributed by atoms with E-state index in [2.05, 4.69) is 20.9 Å². The monoisotopic (exact) mass is 501 g/mol. The minimum absolute atomic E-state index is 0.00371. The Hall–Kier alpha value is -1.76. The van der Waals surface area contributed by atoms with Gasteiger partial charge in [-0.3, -0.25) is 9.59 Å². The van der Waals surface area contributed by atoms with Crippen molar-refractivity contribution in [1.29, 1.82) is 0 Å². The summed E-state index contributed by atoms with van der Waals surface area (Å²) in [4.78, 5) is 40.7. The largest absolute Gasteiger partial charge is 0.477 e. The van der Waals surface area contributed by atoms with Gasteiger partial charge < -0.3 is 30.9 Å². The first-order valence-electron chi connectivity index (χ1n) is 11.8. The molecular weight excluding hydrogens is 468 g/mol. The van der Waals surface area contributed by atoms with Crippen LogP contribution in [0.5, 0.6) is 0 Å². The second-order valence-corrected chi connectivity index (χ2v) is 11.1. The van der Waals surface area contributed by atoms with Gasteiger partial charge in [0.15, 0.2) is 0 Å². The highest BCUT2D eigenvalue weighted by Crippen LogP contribution is 2.51. The number of hydrogen-bond acceptors (Lipinski definition) is 7. The number of nitrogens with zero attached hydrogens (tertiary/aromatic N) is 2. The third-order valence-electron chi connectivity index (χ3n) is 7.53. The number of likely N-dealkylation sites (tertiary alicyclic amines) is 1. The Kier molecular flexibility index (Phi) is 7.51. The number of carboxylic acids is 1. The van der Waals surface area contributed by atoms with Crippen LogP contribution in [0.1, 0.15) is 26.7 Å². The second-order valence-electron chi connectivity index (χ2n) is 9.74. The number of aliphatic carboxylic acids is 1. The van der Waals surface area contributed by atoms with Crippen LogP contribution in [-0.2, 0) is 14.4 Å². The molecule has 0 bridgehead atoms. The molecule has 0 aromatic carbocycles. The van der Waals surface area contributed by atoms with E-state index in [9.17, 15) is 28.3 Å². The number of carbonyl (C=O) groups excluding carboxylic acids is 2. The van der Waals surface area contributed by atoms with Gasteiger partial charge in [-0.25, -0.2) is 4.79 Å². The van der Waals surface area contributed by atoms with Crippen LogP contribution >= 0.6 is 11.8 Å². The van der Waals surface area contributed by atoms with E-state index in [-0.39, 0.29) is 16.9 Å². The first-order valence-corrected chi connectivity index (χ1v) is 12.7. The summed E-state index contributed by atoms with van der Waals surface area (Å²) in [7, 11) is 1.98. The van der Waals surface area contributed by atoms with Crippen molar-refractivity contribution in [2.24, 2.45) is 11.8 Å². The summed E-state index contributed by atoms with van der Waals surface area (Å²) in [6.07, 6.45) is -1.13. The molecule has 7 atom stereocenters. The number of rotatable bonds is 9. The van der Waals surface area contributed by atoms with E-state index in [0.717, 1.165) is 39.0 Å². The third-order valence-corrected chi connectivity index (χ3v) is 9.04. The van der Waals surface area contributed by atoms with Crippen molar-refractivity contribution >= 4 is 29.5 Å². The first kappa shape index (κ1) is 25.3. The van der Waals surface area contributed by atoms with Crippen molar-refractivity contribution in [3.05, 3.63) is 10.6 Å². The summed E-state index contributed by atoms with van der Waals surface area (Å²) in [5.41, 5.74) is -0.00371. The van der Waals surface area contributed by atoms with Crippen LogP contribution in [0.25, 0.3) is 0 Å². The predicted octanol–water partition coefficient (Wildman–Crippen LogP) is 0.287. The van der Waals surface area contributed by atoms with Crippen LogP contribution in [0, 0.1) is 11.8 Å². The Labute approximate surface area is 202 Å². The minimum atomic E-state index is -3.17. The molecule has 0 saturated carbocycles. The Morgan fingerprint density at radius 3 is 2.71 bits per heavy atom. The number of thioether (sulfide) groups is 1. The summed E-state index contributed by atoms with van der Waals surface area (Å²) in [6, 6.07) is -0.411. The van der Waals surface area contributed by atoms with Gasteiger partial charge in [-0.05, 0) is 33.4 Å². The number of nitrogens with one attached hydrogen (secondary N) is 3. The summed E-state index contributed by atoms with van der Waals surface area (Å²) >= 11 is 1.51. The Morgan fingerprint density at radius 2 is 2.09 bits per heavy atom. The zero-order chi connectivity index (χ0) is 24.7. The van der Waals surface area contributed by atoms with Gasteiger partial charge in [0.05, 0.1) is 12.0 Å². The lowest BCUT2D eigenvalue weighted by atomic mass is 9.78. The molecule has 4 rings (SSSR count). The summed E-state index contributed by atoms with van der Waals surface area (Å²) in [5, 5.41) is 19.1. The molecule has 0 unspecified atom stereocenters. The van der Waals surface area contributed by atoms with Crippen molar-refractivity contribution in [2.45, 2.75) is 62.5 Å². The molecule has 0 aliphatic carbocycles. The van der Waals surface area contributed by atoms with Gasteiger partial charge in [-0.2, -0.15) is 8.78 Å². The molecule has 0 aromatic heterocycles. The summed E-state index contributed by atoms with van der Waals surface area (Å²) < 4.78 is 25.3. The van der Waals surface area contributed by atoms with Gasteiger partial charge in [-0.15, -0.1) is 11.8 Å². The van der Waals surface area contributed by atoms with Crippen LogP contribution in [-0.4, -0.2) is 102 Å². The van der Waals surface area contributed by atoms with Crippen LogP contribution in [0.4, 0.5) is 8.78 Å². The number of likely N-dealkylation sites (N-methyl/N-ethyl adjacent to an activating group) is 1. The Morgan fingerprint density at radius 1 is 1.35 bits per heavy atom. The quantitative estimate of drug-likeness (QED) is 0.334. The van der Waals surface area contributed by atoms with Gasteiger partial charge >= 0.3 is 12.4 Å². The van der Waals surface area contributed by atoms with E-state index in [1.807, 2.05) is 14.0 Å². The predicted molar refractivity (Wildman–Crippen MR) is 123 cm³/mol. The molecule has 9 nitrogen and oxygen atoms in total. The van der Waals surface area contributed by atoms with E-state index < -0.39 is 42.2 Å². The maximum atomic E-state index is 12.8. The van der Waals surface area contributed by atoms with Crippen LogP contribution in [0.15, 0.2) is 10.6 Å². The van der Waals surface area contributed by atoms with Gasteiger partial charge in [0.1, 0.15) is 5.70 Å². The lowest BCUT2D eigenvalue weighted by molar-refractivity contribution is -0.159. The summed E-state index contributed by atoms with van der Waals surface area (Å²) in [5.74, 6) is -4.01. The SMILES string of the molecule is CN[C@H]1CCN(C[C@@H]2C[C@H](SC3=C(C(=O)O)N4C(=O)[C@H]([C@@H](C)NC(=O)C(F)F)[C@H]4[C@H]3C)CN2)C1. The molecule has 4 aliphatic rings. The standard InChI is InChI=1S/C22H33F2N5O4S/c1-10-16-15(11(2)27-20(30)19(23)24)21(31)29(16)17(22(32)33)18(10)34-14-6-13(26-7-14)9-28-5-4-12(8-28)25-3/h10-16,19,25-26H,4-9H2,1-3H3,(H,27,30)(H,32,33)/t10-,11-,12+,13+,14+,15-,16-/m1/s1. The number of amides is 2. The highest BCUT2D eigenvalue weighted by atomic mass is 32.2. The van der Waals surface area contributed by atoms with Gasteiger partial charge in [0, 0.05) is 53.8 Å². The molecule has 34 heavy (non-hydrogen) atoms. The van der Waals surface area contributed by atoms with Gasteiger partial charge in [0.25, 0.3) is 5.91 Å². The summed E-state index contributed by atoms with van der Waals surface area (Å²) in [6.45, 7) is 7.18. The molecule has 0 spiro atoms. The van der Waals surface area contributed by atoms with Crippen molar-refractivity contribution in [2.75, 3.05) is 33.2 Å². The fourth-order valence-corrected chi connectivity index (χ4v) is 7.33. The molecule has 4 aliphatic heterocycles. The van der Waals surface area contributed by atoms with Gasteiger partial charge in [0.2, 0.25) is 5.91 Å². The average Bonchev–Trinajstić information content (AvgIpc) is 3.47. The topological polar surface area (TPSA) is 114 Å². The lowest BCUT2D eigenvalue weighted by Gasteiger charge is -2.47. The minimum Gasteiger partial charge on any atom is -0.477 e. The molecule has 12 heteroatoms. The van der Waals surface area contributed by atoms with E-state index in [1.54, 1.807) is 0 Å². The number of halogens is 2. The number of carbonyl (C=O) groups is 3.